The zero-order chi connectivity index (χ0) is 12.3. The fraction of sp³-hybridized carbons (Fsp3) is 0.667. The lowest BCUT2D eigenvalue weighted by molar-refractivity contribution is -0.169. The molecule has 1 saturated heterocycles. The molecular formula is C12H18O4. The molecule has 0 saturated carbocycles. The summed E-state index contributed by atoms with van der Waals surface area (Å²) in [4.78, 5) is 23.1. The van der Waals surface area contributed by atoms with Crippen molar-refractivity contribution in [1.82, 2.24) is 0 Å². The first-order valence-electron chi connectivity index (χ1n) is 5.52. The van der Waals surface area contributed by atoms with E-state index in [0.717, 1.165) is 0 Å². The van der Waals surface area contributed by atoms with Crippen LogP contribution in [0.3, 0.4) is 0 Å². The highest BCUT2D eigenvalue weighted by atomic mass is 16.5. The molecule has 1 N–H and O–H groups in total. The minimum atomic E-state index is -1.05. The minimum Gasteiger partial charge on any atom is -0.462 e. The lowest BCUT2D eigenvalue weighted by Crippen LogP contribution is -2.43. The summed E-state index contributed by atoms with van der Waals surface area (Å²) in [6, 6.07) is 0. The zero-order valence-electron chi connectivity index (χ0n) is 9.84. The molecule has 4 nitrogen and oxygen atoms in total. The van der Waals surface area contributed by atoms with Crippen LogP contribution in [-0.4, -0.2) is 29.1 Å². The van der Waals surface area contributed by atoms with Crippen LogP contribution in [0.15, 0.2) is 12.2 Å². The molecule has 0 aromatic carbocycles. The molecule has 3 unspecified atom stereocenters. The average Bonchev–Trinajstić information content (AvgIpc) is 2.12. The molecule has 0 aliphatic carbocycles. The number of hydrogen-bond donors (Lipinski definition) is 1. The van der Waals surface area contributed by atoms with Gasteiger partial charge >= 0.3 is 5.97 Å². The van der Waals surface area contributed by atoms with E-state index in [4.69, 9.17) is 4.74 Å². The zero-order valence-corrected chi connectivity index (χ0v) is 9.84. The average molecular weight is 226 g/mol. The Morgan fingerprint density at radius 3 is 2.69 bits per heavy atom. The maximum absolute atomic E-state index is 11.7. The van der Waals surface area contributed by atoms with Crippen molar-refractivity contribution in [3.8, 4) is 0 Å². The van der Waals surface area contributed by atoms with Crippen LogP contribution in [0.2, 0.25) is 0 Å². The maximum Gasteiger partial charge on any atom is 0.319 e. The summed E-state index contributed by atoms with van der Waals surface area (Å²) in [5.41, 5.74) is 0. The van der Waals surface area contributed by atoms with E-state index in [2.05, 4.69) is 0 Å². The van der Waals surface area contributed by atoms with Gasteiger partial charge in [0.25, 0.3) is 0 Å². The van der Waals surface area contributed by atoms with Crippen molar-refractivity contribution in [1.29, 1.82) is 0 Å². The van der Waals surface area contributed by atoms with Crippen LogP contribution >= 0.6 is 0 Å². The summed E-state index contributed by atoms with van der Waals surface area (Å²) in [5, 5.41) is 9.69. The Morgan fingerprint density at radius 1 is 1.56 bits per heavy atom. The van der Waals surface area contributed by atoms with E-state index >= 15 is 0 Å². The molecule has 0 amide bonds. The smallest absolute Gasteiger partial charge is 0.319 e. The predicted octanol–water partition coefficient (Wildman–Crippen LogP) is 1.08. The molecule has 0 aromatic rings. The van der Waals surface area contributed by atoms with Gasteiger partial charge in [0, 0.05) is 6.42 Å². The van der Waals surface area contributed by atoms with E-state index in [0.29, 0.717) is 6.42 Å². The number of carbonyl (C=O) groups excluding carboxylic acids is 2. The van der Waals surface area contributed by atoms with Crippen molar-refractivity contribution in [2.45, 2.75) is 39.4 Å². The van der Waals surface area contributed by atoms with E-state index in [1.54, 1.807) is 13.0 Å². The highest BCUT2D eigenvalue weighted by molar-refractivity contribution is 6.05. The first kappa shape index (κ1) is 12.9. The Kier molecular flexibility index (Phi) is 4.24. The number of ketones is 1. The van der Waals surface area contributed by atoms with Gasteiger partial charge in [0.2, 0.25) is 0 Å². The Balaban J connectivity index is 2.71. The number of aliphatic hydroxyl groups excluding tert-OH is 1. The molecule has 1 aliphatic heterocycles. The van der Waals surface area contributed by atoms with Crippen molar-refractivity contribution < 1.29 is 19.4 Å². The van der Waals surface area contributed by atoms with Gasteiger partial charge in [-0.2, -0.15) is 0 Å². The molecule has 0 bridgehead atoms. The standard InChI is InChI=1S/C12H18O4/c1-7(2)4-5-9(13)11-10(14)6-8(3)16-12(11)15/h4-5,7-8,10-11,14H,6H2,1-3H3/b5-4+. The van der Waals surface area contributed by atoms with Crippen LogP contribution in [0.25, 0.3) is 0 Å². The first-order chi connectivity index (χ1) is 7.41. The van der Waals surface area contributed by atoms with Crippen LogP contribution in [-0.2, 0) is 14.3 Å². The van der Waals surface area contributed by atoms with Crippen LogP contribution < -0.4 is 0 Å². The third-order valence-corrected chi connectivity index (χ3v) is 2.48. The molecule has 90 valence electrons. The van der Waals surface area contributed by atoms with Crippen molar-refractivity contribution >= 4 is 11.8 Å². The van der Waals surface area contributed by atoms with Crippen LogP contribution in [0, 0.1) is 11.8 Å². The third-order valence-electron chi connectivity index (χ3n) is 2.48. The van der Waals surface area contributed by atoms with E-state index in [9.17, 15) is 14.7 Å². The van der Waals surface area contributed by atoms with Crippen molar-refractivity contribution in [3.63, 3.8) is 0 Å². The van der Waals surface area contributed by atoms with E-state index in [-0.39, 0.29) is 17.8 Å². The second-order valence-corrected chi connectivity index (χ2v) is 4.53. The Labute approximate surface area is 95.3 Å². The molecular weight excluding hydrogens is 208 g/mol. The molecule has 4 heteroatoms. The fourth-order valence-corrected chi connectivity index (χ4v) is 1.65. The van der Waals surface area contributed by atoms with Crippen LogP contribution in [0.1, 0.15) is 27.2 Å². The van der Waals surface area contributed by atoms with Gasteiger partial charge in [0.1, 0.15) is 12.0 Å². The second kappa shape index (κ2) is 5.25. The molecule has 1 aliphatic rings. The summed E-state index contributed by atoms with van der Waals surface area (Å²) < 4.78 is 4.94. The molecule has 0 aromatic heterocycles. The fourth-order valence-electron chi connectivity index (χ4n) is 1.65. The Hall–Kier alpha value is -1.16. The van der Waals surface area contributed by atoms with Gasteiger partial charge < -0.3 is 9.84 Å². The molecule has 0 spiro atoms. The van der Waals surface area contributed by atoms with Gasteiger partial charge in [0.15, 0.2) is 5.78 Å². The van der Waals surface area contributed by atoms with Crippen LogP contribution in [0.4, 0.5) is 0 Å². The van der Waals surface area contributed by atoms with Gasteiger partial charge in [0.05, 0.1) is 6.10 Å². The van der Waals surface area contributed by atoms with E-state index in [1.165, 1.54) is 6.08 Å². The molecule has 0 radical (unpaired) electrons. The van der Waals surface area contributed by atoms with Crippen molar-refractivity contribution in [3.05, 3.63) is 12.2 Å². The summed E-state index contributed by atoms with van der Waals surface area (Å²) in [5.74, 6) is -1.81. The summed E-state index contributed by atoms with van der Waals surface area (Å²) >= 11 is 0. The summed E-state index contributed by atoms with van der Waals surface area (Å²) in [6.07, 6.45) is 2.13. The molecule has 1 fully saturated rings. The lowest BCUT2D eigenvalue weighted by atomic mass is 9.90. The number of rotatable bonds is 3. The van der Waals surface area contributed by atoms with Gasteiger partial charge in [-0.1, -0.05) is 19.9 Å². The molecule has 3 atom stereocenters. The van der Waals surface area contributed by atoms with Gasteiger partial charge in [-0.25, -0.2) is 0 Å². The highest BCUT2D eigenvalue weighted by Gasteiger charge is 2.39. The van der Waals surface area contributed by atoms with Gasteiger partial charge in [-0.15, -0.1) is 0 Å². The first-order valence-corrected chi connectivity index (χ1v) is 5.52. The lowest BCUT2D eigenvalue weighted by Gasteiger charge is -2.28. The molecule has 1 rings (SSSR count). The van der Waals surface area contributed by atoms with Crippen LogP contribution in [0.5, 0.6) is 0 Å². The number of esters is 1. The number of allylic oxidation sites excluding steroid dienone is 2. The topological polar surface area (TPSA) is 63.6 Å². The maximum atomic E-state index is 11.7. The van der Waals surface area contributed by atoms with Gasteiger partial charge in [-0.05, 0) is 18.9 Å². The SMILES string of the molecule is CC(C)/C=C/C(=O)C1C(=O)OC(C)CC1O. The van der Waals surface area contributed by atoms with Crippen molar-refractivity contribution in [2.24, 2.45) is 11.8 Å². The van der Waals surface area contributed by atoms with E-state index < -0.39 is 18.0 Å². The minimum absolute atomic E-state index is 0.236. The second-order valence-electron chi connectivity index (χ2n) is 4.53. The highest BCUT2D eigenvalue weighted by Crippen LogP contribution is 2.22. The Bertz CT molecular complexity index is 306. The monoisotopic (exact) mass is 226 g/mol. The van der Waals surface area contributed by atoms with Gasteiger partial charge in [-0.3, -0.25) is 9.59 Å². The van der Waals surface area contributed by atoms with Crippen molar-refractivity contribution in [2.75, 3.05) is 0 Å². The number of ether oxygens (including phenoxy) is 1. The number of hydrogen-bond acceptors (Lipinski definition) is 4. The molecule has 1 heterocycles. The molecule has 16 heavy (non-hydrogen) atoms. The summed E-state index contributed by atoms with van der Waals surface area (Å²) in [7, 11) is 0. The summed E-state index contributed by atoms with van der Waals surface area (Å²) in [6.45, 7) is 5.56. The number of aliphatic hydroxyl groups is 1. The number of carbonyl (C=O) groups is 2. The third kappa shape index (κ3) is 3.17. The normalized spacial score (nSPS) is 30.8. The quantitative estimate of drug-likeness (QED) is 0.444. The predicted molar refractivity (Wildman–Crippen MR) is 58.7 cm³/mol. The largest absolute Gasteiger partial charge is 0.462 e. The number of cyclic esters (lactones) is 1. The van der Waals surface area contributed by atoms with E-state index in [1.807, 2.05) is 13.8 Å². The Morgan fingerprint density at radius 2 is 2.19 bits per heavy atom.